The van der Waals surface area contributed by atoms with Crippen molar-refractivity contribution in [1.82, 2.24) is 9.88 Å². The number of H-pyrrole nitrogens is 1. The fraction of sp³-hybridized carbons (Fsp3) is 0.368. The summed E-state index contributed by atoms with van der Waals surface area (Å²) >= 11 is 0. The lowest BCUT2D eigenvalue weighted by atomic mass is 9.88. The first kappa shape index (κ1) is 17.4. The monoisotopic (exact) mass is 344 g/mol. The largest absolute Gasteiger partial charge is 0.381 e. The number of methoxy groups -OCH3 is 1. The van der Waals surface area contributed by atoms with Gasteiger partial charge in [0.15, 0.2) is 0 Å². The summed E-state index contributed by atoms with van der Waals surface area (Å²) in [6, 6.07) is 11.0. The van der Waals surface area contributed by atoms with Crippen LogP contribution in [0.25, 0.3) is 0 Å². The Morgan fingerprint density at radius 2 is 2.04 bits per heavy atom. The van der Waals surface area contributed by atoms with Gasteiger partial charge in [-0.15, -0.1) is 0 Å². The first-order valence-corrected chi connectivity index (χ1v) is 8.32. The number of aromatic amines is 1. The van der Waals surface area contributed by atoms with Gasteiger partial charge in [0.1, 0.15) is 11.5 Å². The lowest BCUT2D eigenvalue weighted by molar-refractivity contribution is -0.00318. The molecule has 0 bridgehead atoms. The summed E-state index contributed by atoms with van der Waals surface area (Å²) in [4.78, 5) is 28.4. The zero-order valence-electron chi connectivity index (χ0n) is 14.1. The van der Waals surface area contributed by atoms with Crippen molar-refractivity contribution in [2.75, 3.05) is 20.2 Å². The maximum absolute atomic E-state index is 13.1. The van der Waals surface area contributed by atoms with Crippen LogP contribution in [0.2, 0.25) is 0 Å². The minimum Gasteiger partial charge on any atom is -0.381 e. The first-order chi connectivity index (χ1) is 12.1. The maximum Gasteiger partial charge on any atom is 0.270 e. The summed E-state index contributed by atoms with van der Waals surface area (Å²) in [5.74, 6) is -0.333. The number of nitrogens with one attached hydrogen (secondary N) is 1. The standard InChI is InChI=1S/C19H21FN2O3/c1-25-17-9-10-22(19(24)16-3-2-4-18(23)21-16)12-14(17)11-13-5-7-15(20)8-6-13/h2-8,14,17H,9-12H2,1H3,(H,21,23)/t14-,17+/m1/s1. The Kier molecular flexibility index (Phi) is 5.28. The number of carbonyl (C=O) groups is 1. The Morgan fingerprint density at radius 1 is 1.28 bits per heavy atom. The molecule has 5 nitrogen and oxygen atoms in total. The third-order valence-corrected chi connectivity index (χ3v) is 4.66. The van der Waals surface area contributed by atoms with Gasteiger partial charge >= 0.3 is 0 Å². The van der Waals surface area contributed by atoms with Gasteiger partial charge in [-0.25, -0.2) is 4.39 Å². The topological polar surface area (TPSA) is 62.4 Å². The van der Waals surface area contributed by atoms with Gasteiger partial charge in [-0.2, -0.15) is 0 Å². The summed E-state index contributed by atoms with van der Waals surface area (Å²) in [6.45, 7) is 1.11. The molecule has 3 rings (SSSR count). The van der Waals surface area contributed by atoms with E-state index in [2.05, 4.69) is 4.98 Å². The molecule has 1 aromatic heterocycles. The predicted molar refractivity (Wildman–Crippen MR) is 92.0 cm³/mol. The molecule has 2 heterocycles. The fourth-order valence-electron chi connectivity index (χ4n) is 3.37. The molecule has 132 valence electrons. The van der Waals surface area contributed by atoms with E-state index in [4.69, 9.17) is 4.74 Å². The molecule has 0 spiro atoms. The van der Waals surface area contributed by atoms with Crippen LogP contribution >= 0.6 is 0 Å². The van der Waals surface area contributed by atoms with Crippen LogP contribution in [0.15, 0.2) is 47.3 Å². The normalized spacial score (nSPS) is 20.5. The molecule has 0 radical (unpaired) electrons. The SMILES string of the molecule is CO[C@H]1CCN(C(=O)c2cccc(=O)[nH]2)C[C@H]1Cc1ccc(F)cc1. The van der Waals surface area contributed by atoms with Crippen LogP contribution in [0.3, 0.4) is 0 Å². The Morgan fingerprint density at radius 3 is 2.72 bits per heavy atom. The molecular formula is C19H21FN2O3. The average molecular weight is 344 g/mol. The quantitative estimate of drug-likeness (QED) is 0.925. The second kappa shape index (κ2) is 7.61. The fourth-order valence-corrected chi connectivity index (χ4v) is 3.37. The van der Waals surface area contributed by atoms with E-state index in [0.29, 0.717) is 25.2 Å². The average Bonchev–Trinajstić information content (AvgIpc) is 2.63. The van der Waals surface area contributed by atoms with Crippen molar-refractivity contribution < 1.29 is 13.9 Å². The number of rotatable bonds is 4. The molecule has 0 aliphatic carbocycles. The summed E-state index contributed by atoms with van der Waals surface area (Å²) in [7, 11) is 1.68. The van der Waals surface area contributed by atoms with Crippen LogP contribution < -0.4 is 5.56 Å². The molecule has 1 fully saturated rings. The number of halogens is 1. The number of hydrogen-bond donors (Lipinski definition) is 1. The highest BCUT2D eigenvalue weighted by atomic mass is 19.1. The second-order valence-corrected chi connectivity index (χ2v) is 6.33. The van der Waals surface area contributed by atoms with Gasteiger partial charge in [0.2, 0.25) is 5.56 Å². The predicted octanol–water partition coefficient (Wildman–Crippen LogP) is 2.23. The molecule has 2 aromatic rings. The lowest BCUT2D eigenvalue weighted by Crippen LogP contribution is -2.47. The van der Waals surface area contributed by atoms with Gasteiger partial charge in [0, 0.05) is 32.2 Å². The zero-order chi connectivity index (χ0) is 17.8. The highest BCUT2D eigenvalue weighted by Crippen LogP contribution is 2.24. The van der Waals surface area contributed by atoms with Gasteiger partial charge in [0.05, 0.1) is 6.10 Å². The van der Waals surface area contributed by atoms with E-state index >= 15 is 0 Å². The Hall–Kier alpha value is -2.47. The smallest absolute Gasteiger partial charge is 0.270 e. The van der Waals surface area contributed by atoms with Crippen molar-refractivity contribution in [2.24, 2.45) is 5.92 Å². The molecule has 1 aromatic carbocycles. The van der Waals surface area contributed by atoms with Crippen LogP contribution in [-0.2, 0) is 11.2 Å². The van der Waals surface area contributed by atoms with Gasteiger partial charge in [0.25, 0.3) is 5.91 Å². The van der Waals surface area contributed by atoms with E-state index in [1.54, 1.807) is 36.3 Å². The minimum absolute atomic E-state index is 0.0453. The van der Waals surface area contributed by atoms with Crippen LogP contribution in [0.5, 0.6) is 0 Å². The number of likely N-dealkylation sites (tertiary alicyclic amines) is 1. The summed E-state index contributed by atoms with van der Waals surface area (Å²) < 4.78 is 18.7. The van der Waals surface area contributed by atoms with E-state index < -0.39 is 0 Å². The van der Waals surface area contributed by atoms with Crippen LogP contribution in [-0.4, -0.2) is 42.1 Å². The van der Waals surface area contributed by atoms with Crippen molar-refractivity contribution in [2.45, 2.75) is 18.9 Å². The van der Waals surface area contributed by atoms with Gasteiger partial charge in [-0.05, 0) is 36.6 Å². The van der Waals surface area contributed by atoms with Gasteiger partial charge < -0.3 is 14.6 Å². The molecule has 0 saturated carbocycles. The van der Waals surface area contributed by atoms with Gasteiger partial charge in [-0.1, -0.05) is 18.2 Å². The van der Waals surface area contributed by atoms with Crippen molar-refractivity contribution >= 4 is 5.91 Å². The van der Waals surface area contributed by atoms with E-state index in [1.807, 2.05) is 0 Å². The number of hydrogen-bond acceptors (Lipinski definition) is 3. The number of ether oxygens (including phenoxy) is 1. The molecule has 6 heteroatoms. The summed E-state index contributed by atoms with van der Waals surface area (Å²) in [6.07, 6.45) is 1.47. The molecule has 1 N–H and O–H groups in total. The van der Waals surface area contributed by atoms with Crippen molar-refractivity contribution in [3.05, 3.63) is 69.9 Å². The number of pyridine rings is 1. The molecule has 0 unspecified atom stereocenters. The van der Waals surface area contributed by atoms with Crippen molar-refractivity contribution in [1.29, 1.82) is 0 Å². The maximum atomic E-state index is 13.1. The number of nitrogens with zero attached hydrogens (tertiary/aromatic N) is 1. The third kappa shape index (κ3) is 4.14. The van der Waals surface area contributed by atoms with E-state index in [1.165, 1.54) is 18.2 Å². The summed E-state index contributed by atoms with van der Waals surface area (Å²) in [5.41, 5.74) is 1.01. The Bertz CT molecular complexity index is 788. The van der Waals surface area contributed by atoms with Gasteiger partial charge in [-0.3, -0.25) is 9.59 Å². The molecule has 2 atom stereocenters. The van der Waals surface area contributed by atoms with Crippen LogP contribution in [0, 0.1) is 11.7 Å². The number of aromatic nitrogens is 1. The molecule has 25 heavy (non-hydrogen) atoms. The second-order valence-electron chi connectivity index (χ2n) is 6.33. The number of benzene rings is 1. The first-order valence-electron chi connectivity index (χ1n) is 8.32. The number of carbonyl (C=O) groups excluding carboxylic acids is 1. The molecular weight excluding hydrogens is 323 g/mol. The van der Waals surface area contributed by atoms with E-state index in [0.717, 1.165) is 12.0 Å². The Balaban J connectivity index is 1.74. The molecule has 1 aliphatic heterocycles. The number of piperidine rings is 1. The third-order valence-electron chi connectivity index (χ3n) is 4.66. The van der Waals surface area contributed by atoms with Crippen molar-refractivity contribution in [3.8, 4) is 0 Å². The van der Waals surface area contributed by atoms with Crippen molar-refractivity contribution in [3.63, 3.8) is 0 Å². The Labute approximate surface area is 145 Å². The van der Waals surface area contributed by atoms with E-state index in [-0.39, 0.29) is 29.3 Å². The summed E-state index contributed by atoms with van der Waals surface area (Å²) in [5, 5.41) is 0. The highest BCUT2D eigenvalue weighted by Gasteiger charge is 2.32. The lowest BCUT2D eigenvalue weighted by Gasteiger charge is -2.38. The minimum atomic E-state index is -0.291. The molecule has 1 aliphatic rings. The molecule has 1 saturated heterocycles. The zero-order valence-corrected chi connectivity index (χ0v) is 14.1. The molecule has 1 amide bonds. The van der Waals surface area contributed by atoms with Crippen LogP contribution in [0.4, 0.5) is 4.39 Å². The van der Waals surface area contributed by atoms with E-state index in [9.17, 15) is 14.0 Å². The number of amides is 1. The highest BCUT2D eigenvalue weighted by molar-refractivity contribution is 5.92. The van der Waals surface area contributed by atoms with Crippen LogP contribution in [0.1, 0.15) is 22.5 Å².